The Morgan fingerprint density at radius 2 is 2.12 bits per heavy atom. The Morgan fingerprint density at radius 1 is 1.31 bits per heavy atom. The van der Waals surface area contributed by atoms with E-state index in [2.05, 4.69) is 10.2 Å². The summed E-state index contributed by atoms with van der Waals surface area (Å²) in [6.45, 7) is 0. The van der Waals surface area contributed by atoms with Crippen molar-refractivity contribution in [1.82, 2.24) is 10.2 Å². The molecule has 0 spiro atoms. The van der Waals surface area contributed by atoms with Gasteiger partial charge in [0.2, 0.25) is 0 Å². The average Bonchev–Trinajstić information content (AvgIpc) is 2.70. The van der Waals surface area contributed by atoms with Crippen molar-refractivity contribution in [2.45, 2.75) is 5.88 Å². The Kier molecular flexibility index (Phi) is 3.31. The molecule has 1 aromatic heterocycles. The van der Waals surface area contributed by atoms with E-state index in [1.165, 1.54) is 6.07 Å². The van der Waals surface area contributed by atoms with Crippen LogP contribution in [-0.4, -0.2) is 10.2 Å². The molecule has 0 aliphatic heterocycles. The average molecular weight is 263 g/mol. The van der Waals surface area contributed by atoms with Gasteiger partial charge in [0.05, 0.1) is 5.88 Å². The second kappa shape index (κ2) is 4.71. The van der Waals surface area contributed by atoms with Crippen LogP contribution in [0.4, 0.5) is 8.78 Å². The lowest BCUT2D eigenvalue weighted by Gasteiger charge is -2.01. The van der Waals surface area contributed by atoms with E-state index in [1.807, 2.05) is 0 Å². The van der Waals surface area contributed by atoms with Gasteiger partial charge in [-0.1, -0.05) is 16.4 Å². The van der Waals surface area contributed by atoms with Gasteiger partial charge in [-0.05, 0) is 12.1 Å². The molecule has 0 unspecified atom stereocenters. The van der Waals surface area contributed by atoms with Crippen molar-refractivity contribution in [1.29, 1.82) is 0 Å². The molecule has 84 valence electrons. The van der Waals surface area contributed by atoms with E-state index in [1.54, 1.807) is 0 Å². The summed E-state index contributed by atoms with van der Waals surface area (Å²) in [5, 5.41) is 8.08. The molecule has 0 bridgehead atoms. The first-order chi connectivity index (χ1) is 7.69. The number of alkyl halides is 1. The van der Waals surface area contributed by atoms with Crippen molar-refractivity contribution < 1.29 is 13.5 Å². The number of hydrogen-bond donors (Lipinski definition) is 0. The van der Waals surface area contributed by atoms with Crippen LogP contribution in [0.25, 0.3) is 0 Å². The molecule has 0 radical (unpaired) electrons. The number of rotatable bonds is 3. The largest absolute Gasteiger partial charge is 0.427 e. The van der Waals surface area contributed by atoms with Crippen molar-refractivity contribution in [3.8, 4) is 10.9 Å². The summed E-state index contributed by atoms with van der Waals surface area (Å²) in [5.41, 5.74) is 0. The summed E-state index contributed by atoms with van der Waals surface area (Å²) < 4.78 is 30.9. The highest BCUT2D eigenvalue weighted by Crippen LogP contribution is 2.27. The van der Waals surface area contributed by atoms with Crippen molar-refractivity contribution >= 4 is 22.9 Å². The summed E-state index contributed by atoms with van der Waals surface area (Å²) in [6.07, 6.45) is 0. The fraction of sp³-hybridized carbons (Fsp3) is 0.111. The second-order valence-electron chi connectivity index (χ2n) is 2.77. The first-order valence-electron chi connectivity index (χ1n) is 4.20. The molecule has 0 saturated carbocycles. The van der Waals surface area contributed by atoms with E-state index in [0.717, 1.165) is 23.5 Å². The molecule has 0 N–H and O–H groups in total. The number of nitrogens with zero attached hydrogens (tertiary/aromatic N) is 2. The first-order valence-corrected chi connectivity index (χ1v) is 5.55. The van der Waals surface area contributed by atoms with Crippen molar-refractivity contribution in [3.63, 3.8) is 0 Å². The van der Waals surface area contributed by atoms with Crippen molar-refractivity contribution in [2.24, 2.45) is 0 Å². The first kappa shape index (κ1) is 11.2. The van der Waals surface area contributed by atoms with Gasteiger partial charge >= 0.3 is 0 Å². The predicted molar refractivity (Wildman–Crippen MR) is 55.9 cm³/mol. The molecule has 1 heterocycles. The molecule has 3 nitrogen and oxygen atoms in total. The molecule has 2 rings (SSSR count). The highest BCUT2D eigenvalue weighted by molar-refractivity contribution is 7.13. The highest BCUT2D eigenvalue weighted by atomic mass is 35.5. The quantitative estimate of drug-likeness (QED) is 0.796. The number of halogens is 3. The molecule has 0 atom stereocenters. The van der Waals surface area contributed by atoms with Crippen LogP contribution in [0.15, 0.2) is 18.2 Å². The molecular formula is C9H5ClF2N2OS. The van der Waals surface area contributed by atoms with Crippen LogP contribution in [0.5, 0.6) is 10.9 Å². The minimum Gasteiger partial charge on any atom is -0.427 e. The SMILES string of the molecule is Fc1ccc(Oc2nnc(CCl)s2)c(F)c1. The van der Waals surface area contributed by atoms with E-state index >= 15 is 0 Å². The third-order valence-electron chi connectivity index (χ3n) is 1.65. The van der Waals surface area contributed by atoms with Gasteiger partial charge in [-0.25, -0.2) is 8.78 Å². The molecule has 0 saturated heterocycles. The van der Waals surface area contributed by atoms with Crippen LogP contribution in [-0.2, 0) is 5.88 Å². The van der Waals surface area contributed by atoms with E-state index < -0.39 is 11.6 Å². The van der Waals surface area contributed by atoms with Crippen LogP contribution < -0.4 is 4.74 Å². The van der Waals surface area contributed by atoms with Gasteiger partial charge in [-0.15, -0.1) is 16.7 Å². The van der Waals surface area contributed by atoms with Gasteiger partial charge in [0.1, 0.15) is 10.8 Å². The minimum atomic E-state index is -0.789. The lowest BCUT2D eigenvalue weighted by molar-refractivity contribution is 0.431. The third-order valence-corrected chi connectivity index (χ3v) is 2.87. The molecule has 2 aromatic rings. The van der Waals surface area contributed by atoms with E-state index in [-0.39, 0.29) is 16.8 Å². The summed E-state index contributed by atoms with van der Waals surface area (Å²) in [5.74, 6) is -1.34. The molecule has 0 aliphatic carbocycles. The number of hydrogen-bond acceptors (Lipinski definition) is 4. The van der Waals surface area contributed by atoms with Crippen LogP contribution in [0, 0.1) is 11.6 Å². The smallest absolute Gasteiger partial charge is 0.299 e. The maximum absolute atomic E-state index is 13.2. The highest BCUT2D eigenvalue weighted by Gasteiger charge is 2.09. The Hall–Kier alpha value is -1.27. The lowest BCUT2D eigenvalue weighted by Crippen LogP contribution is -1.88. The van der Waals surface area contributed by atoms with Crippen LogP contribution in [0.3, 0.4) is 0 Å². The normalized spacial score (nSPS) is 10.4. The number of ether oxygens (including phenoxy) is 1. The molecule has 16 heavy (non-hydrogen) atoms. The number of aromatic nitrogens is 2. The summed E-state index contributed by atoms with van der Waals surface area (Å²) in [4.78, 5) is 0. The topological polar surface area (TPSA) is 35.0 Å². The molecule has 0 aliphatic rings. The van der Waals surface area contributed by atoms with Gasteiger partial charge in [0.15, 0.2) is 11.6 Å². The molecule has 7 heteroatoms. The monoisotopic (exact) mass is 262 g/mol. The Labute approximate surface area is 98.6 Å². The Morgan fingerprint density at radius 3 is 2.75 bits per heavy atom. The molecule has 1 aromatic carbocycles. The van der Waals surface area contributed by atoms with Crippen LogP contribution in [0.2, 0.25) is 0 Å². The standard InChI is InChI=1S/C9H5ClF2N2OS/c10-4-8-13-14-9(16-8)15-7-2-1-5(11)3-6(7)12/h1-3H,4H2. The minimum absolute atomic E-state index is 0.0985. The maximum atomic E-state index is 13.2. The lowest BCUT2D eigenvalue weighted by atomic mass is 10.3. The summed E-state index contributed by atoms with van der Waals surface area (Å²) in [6, 6.07) is 3.02. The van der Waals surface area contributed by atoms with E-state index in [0.29, 0.717) is 5.01 Å². The fourth-order valence-electron chi connectivity index (χ4n) is 0.985. The van der Waals surface area contributed by atoms with E-state index in [4.69, 9.17) is 16.3 Å². The van der Waals surface area contributed by atoms with Gasteiger partial charge in [0, 0.05) is 6.07 Å². The van der Waals surface area contributed by atoms with Gasteiger partial charge in [-0.2, -0.15) is 0 Å². The third kappa shape index (κ3) is 2.45. The van der Waals surface area contributed by atoms with Crippen molar-refractivity contribution in [3.05, 3.63) is 34.8 Å². The van der Waals surface area contributed by atoms with Gasteiger partial charge in [0.25, 0.3) is 5.19 Å². The van der Waals surface area contributed by atoms with E-state index in [9.17, 15) is 8.78 Å². The predicted octanol–water partition coefficient (Wildman–Crippen LogP) is 3.35. The Balaban J connectivity index is 2.20. The zero-order valence-corrected chi connectivity index (χ0v) is 9.36. The second-order valence-corrected chi connectivity index (χ2v) is 4.06. The summed E-state index contributed by atoms with van der Waals surface area (Å²) in [7, 11) is 0. The summed E-state index contributed by atoms with van der Waals surface area (Å²) >= 11 is 6.63. The zero-order valence-electron chi connectivity index (χ0n) is 7.78. The number of benzene rings is 1. The Bertz CT molecular complexity index is 506. The van der Waals surface area contributed by atoms with Gasteiger partial charge in [-0.3, -0.25) is 0 Å². The molecule has 0 fully saturated rings. The zero-order chi connectivity index (χ0) is 11.5. The molecular weight excluding hydrogens is 258 g/mol. The maximum Gasteiger partial charge on any atom is 0.299 e. The van der Waals surface area contributed by atoms with Crippen LogP contribution >= 0.6 is 22.9 Å². The molecule has 0 amide bonds. The van der Waals surface area contributed by atoms with Crippen LogP contribution in [0.1, 0.15) is 5.01 Å². The van der Waals surface area contributed by atoms with Gasteiger partial charge < -0.3 is 4.74 Å². The fourth-order valence-corrected chi connectivity index (χ4v) is 1.75. The van der Waals surface area contributed by atoms with Crippen molar-refractivity contribution in [2.75, 3.05) is 0 Å².